The summed E-state index contributed by atoms with van der Waals surface area (Å²) in [6.45, 7) is 0. The van der Waals surface area contributed by atoms with Gasteiger partial charge in [0.05, 0.1) is 0 Å². The summed E-state index contributed by atoms with van der Waals surface area (Å²) in [7, 11) is -4.67. The number of hydrazine groups is 1. The maximum atomic E-state index is 12.5. The summed E-state index contributed by atoms with van der Waals surface area (Å²) < 4.78 is 81.2. The van der Waals surface area contributed by atoms with E-state index in [9.17, 15) is 17.6 Å². The van der Waals surface area contributed by atoms with Crippen LogP contribution < -0.4 is 11.3 Å². The molecule has 11 heteroatoms. The van der Waals surface area contributed by atoms with Gasteiger partial charge in [-0.05, 0) is 0 Å². The number of hydrogen-bond acceptors (Lipinski definition) is 4. The predicted molar refractivity (Wildman–Crippen MR) is 48.3 cm³/mol. The molecule has 1 aromatic rings. The summed E-state index contributed by atoms with van der Waals surface area (Å²) in [6, 6.07) is 0.202. The molecule has 0 fully saturated rings. The molecule has 98 valence electrons. The number of nitrogen functional groups attached to an aromatic ring is 1. The fourth-order valence-electron chi connectivity index (χ4n) is 0.699. The van der Waals surface area contributed by atoms with E-state index in [1.54, 1.807) is 5.43 Å². The van der Waals surface area contributed by atoms with Crippen LogP contribution in [0.15, 0.2) is 6.07 Å². The summed E-state index contributed by atoms with van der Waals surface area (Å²) in [5.41, 5.74) is 0.680. The molecule has 1 aromatic carbocycles. The number of halogens is 4. The van der Waals surface area contributed by atoms with Crippen molar-refractivity contribution in [1.82, 2.24) is 0 Å². The molecule has 0 saturated carbocycles. The second-order valence-corrected chi connectivity index (χ2v) is 3.33. The van der Waals surface area contributed by atoms with Crippen molar-refractivity contribution in [2.45, 2.75) is 0 Å². The summed E-state index contributed by atoms with van der Waals surface area (Å²) in [6.07, 6.45) is 0. The van der Waals surface area contributed by atoms with E-state index in [4.69, 9.17) is 17.5 Å². The summed E-state index contributed by atoms with van der Waals surface area (Å²) in [5, 5.41) is 0. The van der Waals surface area contributed by atoms with Gasteiger partial charge in [0.25, 0.3) is 0 Å². The number of nitrogens with one attached hydrogen (secondary N) is 1. The van der Waals surface area contributed by atoms with Crippen LogP contribution in [0.25, 0.3) is 0 Å². The van der Waals surface area contributed by atoms with Gasteiger partial charge in [-0.1, -0.05) is 0 Å². The molecule has 0 heterocycles. The van der Waals surface area contributed by atoms with E-state index >= 15 is 0 Å². The van der Waals surface area contributed by atoms with E-state index in [0.717, 1.165) is 0 Å². The van der Waals surface area contributed by atoms with Crippen LogP contribution in [-0.2, 0) is 10.4 Å². The highest BCUT2D eigenvalue weighted by molar-refractivity contribution is 7.79. The minimum absolute atomic E-state index is 0.202. The van der Waals surface area contributed by atoms with Crippen LogP contribution in [0.5, 0.6) is 0 Å². The Balaban J connectivity index is 0.000000437. The number of anilines is 1. The lowest BCUT2D eigenvalue weighted by Gasteiger charge is -2.04. The molecule has 0 amide bonds. The van der Waals surface area contributed by atoms with Crippen LogP contribution in [0.4, 0.5) is 23.2 Å². The Morgan fingerprint density at radius 1 is 1.06 bits per heavy atom. The van der Waals surface area contributed by atoms with Gasteiger partial charge < -0.3 is 5.43 Å². The number of nitrogens with two attached hydrogens (primary N) is 1. The second kappa shape index (κ2) is 5.77. The van der Waals surface area contributed by atoms with E-state index in [1.165, 1.54) is 0 Å². The first-order valence-electron chi connectivity index (χ1n) is 3.57. The highest BCUT2D eigenvalue weighted by atomic mass is 32.3. The molecule has 0 aliphatic heterocycles. The van der Waals surface area contributed by atoms with Crippen LogP contribution in [0.3, 0.4) is 0 Å². The Morgan fingerprint density at radius 2 is 1.47 bits per heavy atom. The zero-order valence-electron chi connectivity index (χ0n) is 7.79. The Labute approximate surface area is 92.6 Å². The largest absolute Gasteiger partial charge is 0.394 e. The van der Waals surface area contributed by atoms with Gasteiger partial charge in [0, 0.05) is 6.07 Å². The summed E-state index contributed by atoms with van der Waals surface area (Å²) in [4.78, 5) is 0. The average Bonchev–Trinajstić information content (AvgIpc) is 2.12. The Kier molecular flexibility index (Phi) is 5.28. The van der Waals surface area contributed by atoms with Gasteiger partial charge in [0.1, 0.15) is 5.69 Å². The first-order chi connectivity index (χ1) is 7.57. The van der Waals surface area contributed by atoms with Crippen molar-refractivity contribution in [2.24, 2.45) is 5.84 Å². The van der Waals surface area contributed by atoms with Crippen LogP contribution in [0, 0.1) is 23.3 Å². The molecular formula is C6H6F4N2O4S. The van der Waals surface area contributed by atoms with Crippen molar-refractivity contribution in [1.29, 1.82) is 0 Å². The highest BCUT2D eigenvalue weighted by Gasteiger charge is 2.17. The zero-order chi connectivity index (χ0) is 13.8. The first kappa shape index (κ1) is 15.6. The van der Waals surface area contributed by atoms with Crippen LogP contribution >= 0.6 is 0 Å². The van der Waals surface area contributed by atoms with Crippen molar-refractivity contribution in [2.75, 3.05) is 5.43 Å². The molecular weight excluding hydrogens is 272 g/mol. The van der Waals surface area contributed by atoms with Gasteiger partial charge in [0.15, 0.2) is 23.3 Å². The first-order valence-corrected chi connectivity index (χ1v) is 4.97. The van der Waals surface area contributed by atoms with Gasteiger partial charge in [-0.2, -0.15) is 8.42 Å². The van der Waals surface area contributed by atoms with Crippen molar-refractivity contribution in [3.8, 4) is 0 Å². The Bertz CT molecular complexity index is 499. The third-order valence-electron chi connectivity index (χ3n) is 1.26. The zero-order valence-corrected chi connectivity index (χ0v) is 8.60. The van der Waals surface area contributed by atoms with E-state index < -0.39 is 39.4 Å². The molecule has 0 spiro atoms. The monoisotopic (exact) mass is 278 g/mol. The smallest absolute Gasteiger partial charge is 0.319 e. The van der Waals surface area contributed by atoms with Gasteiger partial charge in [-0.15, -0.1) is 0 Å². The van der Waals surface area contributed by atoms with Crippen LogP contribution in [0.1, 0.15) is 0 Å². The third-order valence-corrected chi connectivity index (χ3v) is 1.26. The molecule has 0 aromatic heterocycles. The number of rotatable bonds is 1. The van der Waals surface area contributed by atoms with Gasteiger partial charge in [-0.3, -0.25) is 14.9 Å². The highest BCUT2D eigenvalue weighted by Crippen LogP contribution is 2.22. The predicted octanol–water partition coefficient (Wildman–Crippen LogP) is 0.876. The summed E-state index contributed by atoms with van der Waals surface area (Å²) in [5.74, 6) is -1.66. The fraction of sp³-hybridized carbons (Fsp3) is 0. The summed E-state index contributed by atoms with van der Waals surface area (Å²) >= 11 is 0. The Hall–Kier alpha value is -1.43. The minimum Gasteiger partial charge on any atom is -0.319 e. The molecule has 0 aliphatic carbocycles. The SMILES string of the molecule is NNc1c(F)cc(F)c(F)c1F.O=S(=O)(O)O. The fourth-order valence-corrected chi connectivity index (χ4v) is 0.699. The lowest BCUT2D eigenvalue weighted by Crippen LogP contribution is -2.12. The van der Waals surface area contributed by atoms with Crippen molar-refractivity contribution in [3.05, 3.63) is 29.3 Å². The maximum Gasteiger partial charge on any atom is 0.394 e. The molecule has 5 N–H and O–H groups in total. The van der Waals surface area contributed by atoms with Crippen LogP contribution in [0.2, 0.25) is 0 Å². The molecule has 0 aliphatic rings. The van der Waals surface area contributed by atoms with E-state index in [-0.39, 0.29) is 6.07 Å². The van der Waals surface area contributed by atoms with Crippen molar-refractivity contribution in [3.63, 3.8) is 0 Å². The number of hydrogen-bond donors (Lipinski definition) is 4. The van der Waals surface area contributed by atoms with Gasteiger partial charge >= 0.3 is 10.4 Å². The lowest BCUT2D eigenvalue weighted by atomic mass is 10.2. The van der Waals surface area contributed by atoms with Crippen LogP contribution in [-0.4, -0.2) is 17.5 Å². The molecule has 0 radical (unpaired) electrons. The van der Waals surface area contributed by atoms with Gasteiger partial charge in [0.2, 0.25) is 0 Å². The molecule has 0 unspecified atom stereocenters. The quantitative estimate of drug-likeness (QED) is 0.151. The normalized spacial score (nSPS) is 10.5. The van der Waals surface area contributed by atoms with E-state index in [1.807, 2.05) is 0 Å². The van der Waals surface area contributed by atoms with E-state index in [0.29, 0.717) is 0 Å². The number of benzene rings is 1. The van der Waals surface area contributed by atoms with Gasteiger partial charge in [-0.25, -0.2) is 17.6 Å². The molecule has 6 nitrogen and oxygen atoms in total. The maximum absolute atomic E-state index is 12.5. The Morgan fingerprint density at radius 3 is 1.82 bits per heavy atom. The molecule has 0 saturated heterocycles. The molecule has 0 bridgehead atoms. The van der Waals surface area contributed by atoms with Crippen molar-refractivity contribution >= 4 is 16.1 Å². The van der Waals surface area contributed by atoms with Crippen molar-refractivity contribution < 1.29 is 35.1 Å². The third kappa shape index (κ3) is 5.44. The van der Waals surface area contributed by atoms with E-state index in [2.05, 4.69) is 5.84 Å². The molecule has 0 atom stereocenters. The standard InChI is InChI=1S/C6H4F4N2.H2O4S/c7-2-1-3(8)6(12-11)5(10)4(2)9;1-5(2,3)4/h1,12H,11H2;(H2,1,2,3,4). The molecule has 17 heavy (non-hydrogen) atoms. The minimum atomic E-state index is -4.67. The second-order valence-electron chi connectivity index (χ2n) is 2.44. The molecule has 1 rings (SSSR count). The topological polar surface area (TPSA) is 113 Å². The lowest BCUT2D eigenvalue weighted by molar-refractivity contribution is 0.381. The average molecular weight is 278 g/mol.